The smallest absolute Gasteiger partial charge is 0.0242 e. The average Bonchev–Trinajstić information content (AvgIpc) is 3.09. The van der Waals surface area contributed by atoms with Gasteiger partial charge < -0.3 is 5.73 Å². The van der Waals surface area contributed by atoms with Crippen LogP contribution in [-0.2, 0) is 6.54 Å². The first kappa shape index (κ1) is 15.5. The van der Waals surface area contributed by atoms with Gasteiger partial charge in [0.05, 0.1) is 0 Å². The number of likely N-dealkylation sites (tertiary alicyclic amines) is 1. The molecule has 0 saturated carbocycles. The molecule has 1 aliphatic heterocycles. The molecule has 1 aromatic heterocycles. The number of nitrogens with two attached hydrogens (primary N) is 1. The molecule has 1 aliphatic rings. The van der Waals surface area contributed by atoms with Gasteiger partial charge in [-0.15, -0.1) is 12.4 Å². The van der Waals surface area contributed by atoms with Crippen molar-refractivity contribution < 1.29 is 0 Å². The minimum absolute atomic E-state index is 0. The first-order valence-corrected chi connectivity index (χ1v) is 7.79. The summed E-state index contributed by atoms with van der Waals surface area (Å²) in [5.41, 5.74) is 8.83. The fraction of sp³-hybridized carbons (Fsp3) is 0.375. The maximum absolute atomic E-state index is 5.97. The second-order valence-corrected chi connectivity index (χ2v) is 6.12. The molecule has 1 fully saturated rings. The van der Waals surface area contributed by atoms with Crippen molar-refractivity contribution in [3.8, 4) is 0 Å². The summed E-state index contributed by atoms with van der Waals surface area (Å²) in [6.07, 6.45) is 0. The van der Waals surface area contributed by atoms with E-state index in [1.54, 1.807) is 11.3 Å². The molecule has 1 saturated heterocycles. The molecule has 2 atom stereocenters. The van der Waals surface area contributed by atoms with E-state index in [9.17, 15) is 0 Å². The minimum Gasteiger partial charge on any atom is -0.330 e. The summed E-state index contributed by atoms with van der Waals surface area (Å²) >= 11 is 1.78. The van der Waals surface area contributed by atoms with Crippen LogP contribution in [-0.4, -0.2) is 24.5 Å². The second-order valence-electron chi connectivity index (χ2n) is 5.34. The van der Waals surface area contributed by atoms with Crippen molar-refractivity contribution in [3.63, 3.8) is 0 Å². The number of hydrogen-bond acceptors (Lipinski definition) is 3. The van der Waals surface area contributed by atoms with Crippen LogP contribution in [0.25, 0.3) is 0 Å². The summed E-state index contributed by atoms with van der Waals surface area (Å²) in [7, 11) is 0. The largest absolute Gasteiger partial charge is 0.330 e. The van der Waals surface area contributed by atoms with E-state index in [1.165, 1.54) is 11.1 Å². The van der Waals surface area contributed by atoms with E-state index in [4.69, 9.17) is 5.73 Å². The maximum atomic E-state index is 5.97. The van der Waals surface area contributed by atoms with Crippen LogP contribution in [0.4, 0.5) is 0 Å². The lowest BCUT2D eigenvalue weighted by molar-refractivity contribution is 0.317. The Morgan fingerprint density at radius 1 is 1.15 bits per heavy atom. The zero-order valence-electron chi connectivity index (χ0n) is 11.4. The molecule has 0 amide bonds. The van der Waals surface area contributed by atoms with Crippen molar-refractivity contribution >= 4 is 23.7 Å². The van der Waals surface area contributed by atoms with Crippen molar-refractivity contribution in [1.29, 1.82) is 0 Å². The van der Waals surface area contributed by atoms with Crippen LogP contribution in [0.3, 0.4) is 0 Å². The highest BCUT2D eigenvalue weighted by Crippen LogP contribution is 2.32. The van der Waals surface area contributed by atoms with Gasteiger partial charge in [0.15, 0.2) is 0 Å². The van der Waals surface area contributed by atoms with Crippen LogP contribution in [0.1, 0.15) is 17.0 Å². The molecular formula is C16H21ClN2S. The minimum atomic E-state index is 0. The number of halogens is 1. The Morgan fingerprint density at radius 3 is 2.60 bits per heavy atom. The first-order chi connectivity index (χ1) is 9.36. The molecular weight excluding hydrogens is 288 g/mol. The molecule has 20 heavy (non-hydrogen) atoms. The molecule has 2 aromatic rings. The van der Waals surface area contributed by atoms with Crippen LogP contribution < -0.4 is 5.73 Å². The topological polar surface area (TPSA) is 29.3 Å². The summed E-state index contributed by atoms with van der Waals surface area (Å²) in [4.78, 5) is 2.54. The van der Waals surface area contributed by atoms with E-state index in [0.29, 0.717) is 11.8 Å². The van der Waals surface area contributed by atoms with Crippen LogP contribution in [0, 0.1) is 5.92 Å². The van der Waals surface area contributed by atoms with Crippen molar-refractivity contribution in [2.75, 3.05) is 19.6 Å². The molecule has 108 valence electrons. The summed E-state index contributed by atoms with van der Waals surface area (Å²) in [5.74, 6) is 1.17. The predicted octanol–water partition coefficient (Wildman–Crippen LogP) is 3.34. The Hall–Kier alpha value is -0.870. The van der Waals surface area contributed by atoms with Gasteiger partial charge in [-0.2, -0.15) is 11.3 Å². The zero-order chi connectivity index (χ0) is 13.1. The molecule has 0 spiro atoms. The molecule has 0 aliphatic carbocycles. The number of benzene rings is 1. The van der Waals surface area contributed by atoms with E-state index in [-0.39, 0.29) is 12.4 Å². The molecule has 0 unspecified atom stereocenters. The van der Waals surface area contributed by atoms with Gasteiger partial charge in [0.1, 0.15) is 0 Å². The van der Waals surface area contributed by atoms with Crippen molar-refractivity contribution in [1.82, 2.24) is 4.90 Å². The quantitative estimate of drug-likeness (QED) is 0.938. The Kier molecular flexibility index (Phi) is 5.61. The number of thiophene rings is 1. The van der Waals surface area contributed by atoms with Crippen LogP contribution in [0.5, 0.6) is 0 Å². The SMILES string of the molecule is Cl.NC[C@@H]1CN(Cc2ccsc2)C[C@H]1c1ccccc1. The molecule has 1 aromatic carbocycles. The summed E-state index contributed by atoms with van der Waals surface area (Å²) in [6.45, 7) is 4.08. The lowest BCUT2D eigenvalue weighted by Crippen LogP contribution is -2.23. The third-order valence-corrected chi connectivity index (χ3v) is 4.77. The van der Waals surface area contributed by atoms with Crippen LogP contribution >= 0.6 is 23.7 Å². The fourth-order valence-corrected chi connectivity index (χ4v) is 3.71. The lowest BCUT2D eigenvalue weighted by Gasteiger charge is -2.16. The number of nitrogens with zero attached hydrogens (tertiary/aromatic N) is 1. The number of rotatable bonds is 4. The summed E-state index contributed by atoms with van der Waals surface area (Å²) in [5, 5.41) is 4.40. The van der Waals surface area contributed by atoms with Gasteiger partial charge in [0, 0.05) is 25.6 Å². The van der Waals surface area contributed by atoms with E-state index >= 15 is 0 Å². The lowest BCUT2D eigenvalue weighted by atomic mass is 9.89. The molecule has 2 nitrogen and oxygen atoms in total. The molecule has 4 heteroatoms. The van der Waals surface area contributed by atoms with Crippen molar-refractivity contribution in [2.24, 2.45) is 11.7 Å². The van der Waals surface area contributed by atoms with E-state index in [1.807, 2.05) is 0 Å². The first-order valence-electron chi connectivity index (χ1n) is 6.85. The summed E-state index contributed by atoms with van der Waals surface area (Å²) in [6, 6.07) is 13.0. The monoisotopic (exact) mass is 308 g/mol. The van der Waals surface area contributed by atoms with Gasteiger partial charge in [0.2, 0.25) is 0 Å². The third kappa shape index (κ3) is 3.41. The average molecular weight is 309 g/mol. The van der Waals surface area contributed by atoms with Crippen LogP contribution in [0.15, 0.2) is 47.2 Å². The normalized spacial score (nSPS) is 22.6. The highest BCUT2D eigenvalue weighted by molar-refractivity contribution is 7.07. The molecule has 3 rings (SSSR count). The Bertz CT molecular complexity index is 500. The standard InChI is InChI=1S/C16H20N2S.ClH/c17-8-15-10-18(9-13-6-7-19-12-13)11-16(15)14-4-2-1-3-5-14;/h1-7,12,15-16H,8-11,17H2;1H/t15-,16+;/m1./s1. The fourth-order valence-electron chi connectivity index (χ4n) is 3.05. The van der Waals surface area contributed by atoms with Gasteiger partial charge in [-0.25, -0.2) is 0 Å². The highest BCUT2D eigenvalue weighted by atomic mass is 35.5. The Labute approximate surface area is 131 Å². The Morgan fingerprint density at radius 2 is 1.95 bits per heavy atom. The molecule has 0 bridgehead atoms. The third-order valence-electron chi connectivity index (χ3n) is 4.03. The number of hydrogen-bond donors (Lipinski definition) is 1. The van der Waals surface area contributed by atoms with E-state index in [2.05, 4.69) is 52.1 Å². The predicted molar refractivity (Wildman–Crippen MR) is 88.6 cm³/mol. The van der Waals surface area contributed by atoms with Gasteiger partial charge in [0.25, 0.3) is 0 Å². The molecule has 0 radical (unpaired) electrons. The van der Waals surface area contributed by atoms with E-state index < -0.39 is 0 Å². The van der Waals surface area contributed by atoms with Crippen LogP contribution in [0.2, 0.25) is 0 Å². The molecule has 2 heterocycles. The maximum Gasteiger partial charge on any atom is 0.0242 e. The Balaban J connectivity index is 0.00000147. The van der Waals surface area contributed by atoms with Gasteiger partial charge in [-0.05, 0) is 40.4 Å². The van der Waals surface area contributed by atoms with Gasteiger partial charge in [-0.3, -0.25) is 4.90 Å². The second kappa shape index (κ2) is 7.23. The van der Waals surface area contributed by atoms with Gasteiger partial charge >= 0.3 is 0 Å². The zero-order valence-corrected chi connectivity index (χ0v) is 13.1. The van der Waals surface area contributed by atoms with Gasteiger partial charge in [-0.1, -0.05) is 30.3 Å². The molecule has 2 N–H and O–H groups in total. The van der Waals surface area contributed by atoms with E-state index in [0.717, 1.165) is 26.2 Å². The van der Waals surface area contributed by atoms with Crippen molar-refractivity contribution in [2.45, 2.75) is 12.5 Å². The van der Waals surface area contributed by atoms with Crippen molar-refractivity contribution in [3.05, 3.63) is 58.3 Å². The summed E-state index contributed by atoms with van der Waals surface area (Å²) < 4.78 is 0. The highest BCUT2D eigenvalue weighted by Gasteiger charge is 2.32.